The van der Waals surface area contributed by atoms with Crippen LogP contribution in [0.1, 0.15) is 194 Å². The first-order valence-electron chi connectivity index (χ1n) is 18.1. The van der Waals surface area contributed by atoms with Crippen molar-refractivity contribution in [2.24, 2.45) is 5.92 Å². The van der Waals surface area contributed by atoms with Crippen molar-refractivity contribution < 1.29 is 19.8 Å². The Kier molecular flexibility index (Phi) is 29.8. The first-order chi connectivity index (χ1) is 20.4. The van der Waals surface area contributed by atoms with E-state index in [4.69, 9.17) is 11.6 Å². The third kappa shape index (κ3) is 23.7. The summed E-state index contributed by atoms with van der Waals surface area (Å²) in [6, 6.07) is 0. The molecule has 2 N–H and O–H groups in total. The highest BCUT2D eigenvalue weighted by Gasteiger charge is 2.44. The highest BCUT2D eigenvalue weighted by atomic mass is 35.5. The molecule has 0 saturated heterocycles. The van der Waals surface area contributed by atoms with Crippen LogP contribution < -0.4 is 0 Å². The zero-order chi connectivity index (χ0) is 31.2. The predicted octanol–water partition coefficient (Wildman–Crippen LogP) is 11.2. The van der Waals surface area contributed by atoms with E-state index in [1.54, 1.807) is 0 Å². The van der Waals surface area contributed by atoms with E-state index in [1.165, 1.54) is 103 Å². The Morgan fingerprint density at radius 1 is 0.548 bits per heavy atom. The molecule has 0 aromatic carbocycles. The van der Waals surface area contributed by atoms with Gasteiger partial charge in [-0.3, -0.25) is 9.59 Å². The lowest BCUT2D eigenvalue weighted by atomic mass is 9.87. The van der Waals surface area contributed by atoms with Crippen molar-refractivity contribution in [3.8, 4) is 0 Å². The molecule has 0 aliphatic rings. The molecule has 1 unspecified atom stereocenters. The van der Waals surface area contributed by atoms with Crippen molar-refractivity contribution in [1.29, 1.82) is 0 Å². The average Bonchev–Trinajstić information content (AvgIpc) is 2.97. The Labute approximate surface area is 265 Å². The predicted molar refractivity (Wildman–Crippen MR) is 181 cm³/mol. The van der Waals surface area contributed by atoms with Crippen LogP contribution in [0.4, 0.5) is 0 Å². The molecule has 0 aromatic rings. The molecule has 0 saturated carbocycles. The minimum atomic E-state index is -2.65. The summed E-state index contributed by atoms with van der Waals surface area (Å²) in [6.07, 6.45) is 35.9. The topological polar surface area (TPSA) is 74.6 Å². The fourth-order valence-electron chi connectivity index (χ4n) is 5.64. The molecule has 0 aliphatic heterocycles. The maximum absolute atomic E-state index is 12.7. The number of ketones is 2. The Bertz CT molecular complexity index is 646. The van der Waals surface area contributed by atoms with Gasteiger partial charge in [-0.1, -0.05) is 154 Å². The SMILES string of the molecule is CCCCCCCC/C=C\CCCCCCCC(=O)C(CCl)C(O)(O)C(=O)CCCCCCCCCCCCCCC. The van der Waals surface area contributed by atoms with E-state index in [-0.39, 0.29) is 24.5 Å². The number of hydrogen-bond donors (Lipinski definition) is 2. The zero-order valence-electron chi connectivity index (χ0n) is 27.8. The number of unbranched alkanes of at least 4 members (excludes halogenated alkanes) is 23. The third-order valence-corrected chi connectivity index (χ3v) is 8.94. The number of allylic oxidation sites excluding steroid dienone is 2. The number of alkyl halides is 1. The van der Waals surface area contributed by atoms with Crippen LogP contribution in [0, 0.1) is 5.92 Å². The van der Waals surface area contributed by atoms with E-state index in [0.717, 1.165) is 51.4 Å². The van der Waals surface area contributed by atoms with Gasteiger partial charge in [0.1, 0.15) is 5.78 Å². The van der Waals surface area contributed by atoms with E-state index in [2.05, 4.69) is 26.0 Å². The standard InChI is InChI=1S/C37H69ClO4/c1-3-5-7-9-11-13-15-17-18-20-21-23-25-27-29-31-35(39)34(33-38)37(41,42)36(40)32-30-28-26-24-22-19-16-14-12-10-8-6-4-2/h17-18,34,41-42H,3-16,19-33H2,1-2H3/b18-17-. The summed E-state index contributed by atoms with van der Waals surface area (Å²) in [6.45, 7) is 4.50. The average molecular weight is 613 g/mol. The second kappa shape index (κ2) is 30.3. The van der Waals surface area contributed by atoms with Gasteiger partial charge in [0, 0.05) is 18.7 Å². The van der Waals surface area contributed by atoms with E-state index < -0.39 is 17.5 Å². The van der Waals surface area contributed by atoms with Crippen LogP contribution >= 0.6 is 11.6 Å². The van der Waals surface area contributed by atoms with Gasteiger partial charge in [-0.2, -0.15) is 0 Å². The molecule has 0 fully saturated rings. The number of halogens is 1. The Morgan fingerprint density at radius 2 is 0.881 bits per heavy atom. The van der Waals surface area contributed by atoms with Gasteiger partial charge in [-0.25, -0.2) is 0 Å². The summed E-state index contributed by atoms with van der Waals surface area (Å²) < 4.78 is 0. The van der Waals surface area contributed by atoms with Crippen LogP contribution in [0.5, 0.6) is 0 Å². The quantitative estimate of drug-likeness (QED) is 0.0334. The maximum Gasteiger partial charge on any atom is 0.235 e. The lowest BCUT2D eigenvalue weighted by Gasteiger charge is -2.27. The molecule has 0 spiro atoms. The minimum absolute atomic E-state index is 0.0822. The molecule has 0 aliphatic carbocycles. The number of Topliss-reactive ketones (excluding diaryl/α,β-unsaturated/α-hetero) is 2. The Balaban J connectivity index is 3.88. The molecule has 0 bridgehead atoms. The van der Waals surface area contributed by atoms with Gasteiger partial charge in [-0.15, -0.1) is 11.6 Å². The van der Waals surface area contributed by atoms with Gasteiger partial charge in [0.25, 0.3) is 0 Å². The molecule has 1 atom stereocenters. The van der Waals surface area contributed by atoms with Crippen LogP contribution in [-0.2, 0) is 9.59 Å². The Hall–Kier alpha value is -0.710. The molecule has 0 heterocycles. The first-order valence-corrected chi connectivity index (χ1v) is 18.7. The van der Waals surface area contributed by atoms with Crippen molar-refractivity contribution in [2.45, 2.75) is 199 Å². The van der Waals surface area contributed by atoms with Crippen LogP contribution in [0.25, 0.3) is 0 Å². The van der Waals surface area contributed by atoms with Crippen molar-refractivity contribution in [3.05, 3.63) is 12.2 Å². The largest absolute Gasteiger partial charge is 0.359 e. The molecular formula is C37H69ClO4. The molecule has 42 heavy (non-hydrogen) atoms. The summed E-state index contributed by atoms with van der Waals surface area (Å²) in [4.78, 5) is 25.2. The van der Waals surface area contributed by atoms with Gasteiger partial charge in [-0.05, 0) is 38.5 Å². The van der Waals surface area contributed by atoms with E-state index in [0.29, 0.717) is 12.8 Å². The zero-order valence-corrected chi connectivity index (χ0v) is 28.6. The lowest BCUT2D eigenvalue weighted by molar-refractivity contribution is -0.201. The second-order valence-electron chi connectivity index (χ2n) is 12.6. The van der Waals surface area contributed by atoms with E-state index in [9.17, 15) is 19.8 Å². The van der Waals surface area contributed by atoms with Crippen LogP contribution in [-0.4, -0.2) is 33.4 Å². The highest BCUT2D eigenvalue weighted by Crippen LogP contribution is 2.24. The Morgan fingerprint density at radius 3 is 1.26 bits per heavy atom. The number of carbonyl (C=O) groups is 2. The third-order valence-electron chi connectivity index (χ3n) is 8.63. The van der Waals surface area contributed by atoms with Gasteiger partial charge < -0.3 is 10.2 Å². The summed E-state index contributed by atoms with van der Waals surface area (Å²) in [5.74, 6) is -5.13. The summed E-state index contributed by atoms with van der Waals surface area (Å²) in [5, 5.41) is 21.0. The maximum atomic E-state index is 12.7. The van der Waals surface area contributed by atoms with Crippen LogP contribution in [0.15, 0.2) is 12.2 Å². The van der Waals surface area contributed by atoms with Gasteiger partial charge in [0.2, 0.25) is 5.79 Å². The fourth-order valence-corrected chi connectivity index (χ4v) is 6.03. The van der Waals surface area contributed by atoms with Gasteiger partial charge in [0.05, 0.1) is 5.92 Å². The van der Waals surface area contributed by atoms with Crippen molar-refractivity contribution >= 4 is 23.2 Å². The normalized spacial score (nSPS) is 12.8. The van der Waals surface area contributed by atoms with Crippen molar-refractivity contribution in [2.75, 3.05) is 5.88 Å². The molecule has 0 rings (SSSR count). The number of rotatable bonds is 33. The fraction of sp³-hybridized carbons (Fsp3) is 0.892. The number of aliphatic hydroxyl groups is 2. The molecule has 4 nitrogen and oxygen atoms in total. The summed E-state index contributed by atoms with van der Waals surface area (Å²) in [7, 11) is 0. The molecular weight excluding hydrogens is 544 g/mol. The number of hydrogen-bond acceptors (Lipinski definition) is 4. The minimum Gasteiger partial charge on any atom is -0.359 e. The van der Waals surface area contributed by atoms with Crippen LogP contribution in [0.2, 0.25) is 0 Å². The lowest BCUT2D eigenvalue weighted by Crippen LogP contribution is -2.50. The molecule has 0 aromatic heterocycles. The van der Waals surface area contributed by atoms with E-state index in [1.807, 2.05) is 0 Å². The number of carbonyl (C=O) groups excluding carboxylic acids is 2. The molecule has 0 radical (unpaired) electrons. The summed E-state index contributed by atoms with van der Waals surface area (Å²) >= 11 is 5.95. The van der Waals surface area contributed by atoms with Crippen molar-refractivity contribution in [3.63, 3.8) is 0 Å². The molecule has 5 heteroatoms. The van der Waals surface area contributed by atoms with E-state index >= 15 is 0 Å². The second-order valence-corrected chi connectivity index (χ2v) is 13.0. The van der Waals surface area contributed by atoms with Gasteiger partial charge >= 0.3 is 0 Å². The monoisotopic (exact) mass is 612 g/mol. The summed E-state index contributed by atoms with van der Waals surface area (Å²) in [5.41, 5.74) is 0. The smallest absolute Gasteiger partial charge is 0.235 e. The van der Waals surface area contributed by atoms with Gasteiger partial charge in [0.15, 0.2) is 5.78 Å². The first kappa shape index (κ1) is 41.3. The van der Waals surface area contributed by atoms with Crippen LogP contribution in [0.3, 0.4) is 0 Å². The van der Waals surface area contributed by atoms with Crippen molar-refractivity contribution in [1.82, 2.24) is 0 Å². The highest BCUT2D eigenvalue weighted by molar-refractivity contribution is 6.20. The molecule has 0 amide bonds. The molecule has 248 valence electrons.